The number of methoxy groups -OCH3 is 1. The monoisotopic (exact) mass is 623 g/mol. The lowest BCUT2D eigenvalue weighted by atomic mass is 10.2. The zero-order valence-electron chi connectivity index (χ0n) is 18.0. The van der Waals surface area contributed by atoms with Crippen molar-refractivity contribution in [3.05, 3.63) is 94.8 Å². The second kappa shape index (κ2) is 10.5. The van der Waals surface area contributed by atoms with Gasteiger partial charge in [-0.05, 0) is 70.9 Å². The summed E-state index contributed by atoms with van der Waals surface area (Å²) in [5, 5.41) is 5.91. The van der Waals surface area contributed by atoms with E-state index >= 15 is 0 Å². The van der Waals surface area contributed by atoms with Crippen molar-refractivity contribution < 1.29 is 9.47 Å². The molecule has 1 aromatic heterocycles. The molecule has 174 valence electrons. The second-order valence-electron chi connectivity index (χ2n) is 7.24. The van der Waals surface area contributed by atoms with Crippen molar-refractivity contribution >= 4 is 72.2 Å². The molecule has 0 unspecified atom stereocenters. The molecule has 0 spiro atoms. The number of halogens is 4. The minimum absolute atomic E-state index is 0.227. The minimum Gasteiger partial charge on any atom is -0.493 e. The Kier molecular flexibility index (Phi) is 7.62. The molecule has 4 aromatic rings. The molecular weight excluding hydrogens is 609 g/mol. The zero-order chi connectivity index (χ0) is 24.4. The van der Waals surface area contributed by atoms with Crippen molar-refractivity contribution in [1.82, 2.24) is 9.66 Å². The Labute approximate surface area is 222 Å². The van der Waals surface area contributed by atoms with Gasteiger partial charge in [0.25, 0.3) is 5.56 Å². The van der Waals surface area contributed by atoms with Gasteiger partial charge in [-0.1, -0.05) is 45.2 Å². The van der Waals surface area contributed by atoms with Crippen LogP contribution in [0.3, 0.4) is 0 Å². The van der Waals surface area contributed by atoms with Crippen LogP contribution in [0, 0.1) is 6.92 Å². The van der Waals surface area contributed by atoms with Gasteiger partial charge in [0.1, 0.15) is 12.4 Å². The van der Waals surface area contributed by atoms with Crippen molar-refractivity contribution in [2.45, 2.75) is 13.5 Å². The number of benzene rings is 3. The van der Waals surface area contributed by atoms with Crippen LogP contribution in [0.15, 0.2) is 67.4 Å². The standard InChI is InChI=1S/C24H17Br2Cl2N3O3/c1-13-30-21-6-4-16(25)9-18(21)24(32)31(13)29-11-14-7-19(26)23(22(8-14)33-2)34-12-15-3-5-17(27)10-20(15)28/h3-11H,12H2,1-2H3. The molecule has 0 aliphatic rings. The number of rotatable bonds is 6. The minimum atomic E-state index is -0.258. The van der Waals surface area contributed by atoms with Crippen molar-refractivity contribution in [3.8, 4) is 11.5 Å². The van der Waals surface area contributed by atoms with E-state index in [-0.39, 0.29) is 12.2 Å². The van der Waals surface area contributed by atoms with Crippen LogP contribution in [-0.2, 0) is 6.61 Å². The van der Waals surface area contributed by atoms with Crippen molar-refractivity contribution in [2.24, 2.45) is 5.10 Å². The number of aromatic nitrogens is 2. The van der Waals surface area contributed by atoms with Gasteiger partial charge in [-0.3, -0.25) is 4.79 Å². The molecule has 0 bridgehead atoms. The highest BCUT2D eigenvalue weighted by Crippen LogP contribution is 2.37. The molecule has 0 fully saturated rings. The average molecular weight is 626 g/mol. The van der Waals surface area contributed by atoms with Gasteiger partial charge in [-0.2, -0.15) is 9.78 Å². The maximum absolute atomic E-state index is 13.0. The molecule has 0 aliphatic heterocycles. The van der Waals surface area contributed by atoms with Gasteiger partial charge < -0.3 is 9.47 Å². The highest BCUT2D eigenvalue weighted by atomic mass is 79.9. The number of fused-ring (bicyclic) bond motifs is 1. The smallest absolute Gasteiger partial charge is 0.282 e. The number of hydrogen-bond acceptors (Lipinski definition) is 5. The SMILES string of the molecule is COc1cc(C=Nn2c(C)nc3ccc(Br)cc3c2=O)cc(Br)c1OCc1ccc(Cl)cc1Cl. The van der Waals surface area contributed by atoms with Gasteiger partial charge >= 0.3 is 0 Å². The molecule has 0 radical (unpaired) electrons. The molecule has 0 aliphatic carbocycles. The van der Waals surface area contributed by atoms with Crippen LogP contribution in [0.5, 0.6) is 11.5 Å². The highest BCUT2D eigenvalue weighted by Gasteiger charge is 2.13. The number of aryl methyl sites for hydroxylation is 1. The molecule has 4 rings (SSSR count). The summed E-state index contributed by atoms with van der Waals surface area (Å²) in [5.74, 6) is 1.48. The van der Waals surface area contributed by atoms with Crippen LogP contribution < -0.4 is 15.0 Å². The van der Waals surface area contributed by atoms with Gasteiger partial charge in [-0.25, -0.2) is 4.98 Å². The van der Waals surface area contributed by atoms with Gasteiger partial charge in [0.15, 0.2) is 11.5 Å². The van der Waals surface area contributed by atoms with Crippen LogP contribution >= 0.6 is 55.1 Å². The van der Waals surface area contributed by atoms with E-state index in [1.54, 1.807) is 50.6 Å². The van der Waals surface area contributed by atoms with Crippen LogP contribution in [0.25, 0.3) is 10.9 Å². The topological polar surface area (TPSA) is 65.7 Å². The lowest BCUT2D eigenvalue weighted by Crippen LogP contribution is -2.20. The predicted molar refractivity (Wildman–Crippen MR) is 143 cm³/mol. The lowest BCUT2D eigenvalue weighted by molar-refractivity contribution is 0.282. The van der Waals surface area contributed by atoms with Crippen molar-refractivity contribution in [1.29, 1.82) is 0 Å². The van der Waals surface area contributed by atoms with E-state index in [0.29, 0.717) is 48.3 Å². The number of ether oxygens (including phenoxy) is 2. The van der Waals surface area contributed by atoms with Gasteiger partial charge in [0, 0.05) is 20.1 Å². The molecule has 6 nitrogen and oxygen atoms in total. The maximum Gasteiger partial charge on any atom is 0.282 e. The summed E-state index contributed by atoms with van der Waals surface area (Å²) in [6.45, 7) is 1.96. The number of nitrogens with zero attached hydrogens (tertiary/aromatic N) is 3. The first-order chi connectivity index (χ1) is 16.3. The van der Waals surface area contributed by atoms with Crippen LogP contribution in [-0.4, -0.2) is 23.0 Å². The fraction of sp³-hybridized carbons (Fsp3) is 0.125. The van der Waals surface area contributed by atoms with Crippen LogP contribution in [0.1, 0.15) is 17.0 Å². The van der Waals surface area contributed by atoms with E-state index in [1.165, 1.54) is 4.68 Å². The third-order valence-corrected chi connectivity index (χ3v) is 6.60. The summed E-state index contributed by atoms with van der Waals surface area (Å²) in [5.41, 5.74) is 1.84. The molecule has 0 atom stereocenters. The Morgan fingerprint density at radius 1 is 1.12 bits per heavy atom. The fourth-order valence-corrected chi connectivity index (χ4v) is 4.66. The average Bonchev–Trinajstić information content (AvgIpc) is 2.79. The van der Waals surface area contributed by atoms with Gasteiger partial charge in [0.2, 0.25) is 0 Å². The summed E-state index contributed by atoms with van der Waals surface area (Å²) in [6, 6.07) is 14.2. The zero-order valence-corrected chi connectivity index (χ0v) is 22.7. The Hall–Kier alpha value is -2.39. The molecule has 0 saturated carbocycles. The Morgan fingerprint density at radius 3 is 2.65 bits per heavy atom. The normalized spacial score (nSPS) is 11.4. The Balaban J connectivity index is 1.63. The summed E-state index contributed by atoms with van der Waals surface area (Å²) < 4.78 is 14.2. The van der Waals surface area contributed by atoms with E-state index in [4.69, 9.17) is 32.7 Å². The quantitative estimate of drug-likeness (QED) is 0.216. The lowest BCUT2D eigenvalue weighted by Gasteiger charge is -2.14. The van der Waals surface area contributed by atoms with Crippen molar-refractivity contribution in [3.63, 3.8) is 0 Å². The molecule has 1 heterocycles. The first-order valence-corrected chi connectivity index (χ1v) is 12.3. The summed E-state index contributed by atoms with van der Waals surface area (Å²) in [7, 11) is 1.55. The molecule has 10 heteroatoms. The van der Waals surface area contributed by atoms with Crippen LogP contribution in [0.4, 0.5) is 0 Å². The summed E-state index contributed by atoms with van der Waals surface area (Å²) in [6.07, 6.45) is 1.56. The molecule has 34 heavy (non-hydrogen) atoms. The van der Waals surface area contributed by atoms with Crippen LogP contribution in [0.2, 0.25) is 10.0 Å². The predicted octanol–water partition coefficient (Wildman–Crippen LogP) is 7.01. The molecule has 0 amide bonds. The Morgan fingerprint density at radius 2 is 1.91 bits per heavy atom. The largest absolute Gasteiger partial charge is 0.493 e. The highest BCUT2D eigenvalue weighted by molar-refractivity contribution is 9.10. The van der Waals surface area contributed by atoms with Gasteiger partial charge in [-0.15, -0.1) is 0 Å². The first-order valence-electron chi connectivity index (χ1n) is 9.94. The molecular formula is C24H17Br2Cl2N3O3. The van der Waals surface area contributed by atoms with E-state index < -0.39 is 0 Å². The van der Waals surface area contributed by atoms with E-state index in [0.717, 1.165) is 10.0 Å². The maximum atomic E-state index is 13.0. The third kappa shape index (κ3) is 5.30. The van der Waals surface area contributed by atoms with E-state index in [2.05, 4.69) is 41.9 Å². The molecule has 0 saturated heterocycles. The number of hydrogen-bond donors (Lipinski definition) is 0. The van der Waals surface area contributed by atoms with E-state index in [1.807, 2.05) is 18.2 Å². The fourth-order valence-electron chi connectivity index (χ4n) is 3.26. The first kappa shape index (κ1) is 24.7. The molecule has 0 N–H and O–H groups in total. The van der Waals surface area contributed by atoms with E-state index in [9.17, 15) is 4.79 Å². The second-order valence-corrected chi connectivity index (χ2v) is 9.85. The van der Waals surface area contributed by atoms with Crippen molar-refractivity contribution in [2.75, 3.05) is 7.11 Å². The summed E-state index contributed by atoms with van der Waals surface area (Å²) >= 11 is 19.1. The van der Waals surface area contributed by atoms with Gasteiger partial charge in [0.05, 0.1) is 28.7 Å². The molecule has 3 aromatic carbocycles. The summed E-state index contributed by atoms with van der Waals surface area (Å²) in [4.78, 5) is 17.4. The Bertz CT molecular complexity index is 1490. The third-order valence-electron chi connectivity index (χ3n) is 4.93.